The lowest BCUT2D eigenvalue weighted by Gasteiger charge is -2.34. The molecule has 0 radical (unpaired) electrons. The van der Waals surface area contributed by atoms with Gasteiger partial charge in [0.15, 0.2) is 23.0 Å². The van der Waals surface area contributed by atoms with Crippen molar-refractivity contribution in [2.45, 2.75) is 50.0 Å². The summed E-state index contributed by atoms with van der Waals surface area (Å²) in [6, 6.07) is 14.0. The number of likely N-dealkylation sites (tertiary alicyclic amines) is 1. The minimum atomic E-state index is -0.316. The molecule has 1 N–H and O–H groups in total. The first-order chi connectivity index (χ1) is 16.7. The fourth-order valence-electron chi connectivity index (χ4n) is 5.72. The van der Waals surface area contributed by atoms with Crippen LogP contribution in [0.15, 0.2) is 46.9 Å². The van der Waals surface area contributed by atoms with Crippen LogP contribution in [-0.2, 0) is 10.3 Å². The molecule has 2 fully saturated rings. The molecule has 34 heavy (non-hydrogen) atoms. The predicted octanol–water partition coefficient (Wildman–Crippen LogP) is 4.36. The zero-order chi connectivity index (χ0) is 23.0. The molecule has 1 aliphatic carbocycles. The van der Waals surface area contributed by atoms with Crippen LogP contribution in [0.5, 0.6) is 11.5 Å². The number of nitrogens with zero attached hydrogens (tertiary/aromatic N) is 2. The molecular formula is C27H31N3O4. The predicted molar refractivity (Wildman–Crippen MR) is 128 cm³/mol. The minimum Gasteiger partial charge on any atom is -0.486 e. The smallest absolute Gasteiger partial charge is 0.234 e. The third-order valence-corrected chi connectivity index (χ3v) is 7.55. The fourth-order valence-corrected chi connectivity index (χ4v) is 5.72. The highest BCUT2D eigenvalue weighted by Crippen LogP contribution is 2.42. The van der Waals surface area contributed by atoms with Gasteiger partial charge < -0.3 is 19.2 Å². The third-order valence-electron chi connectivity index (χ3n) is 7.55. The van der Waals surface area contributed by atoms with Crippen LogP contribution < -0.4 is 14.8 Å². The molecule has 7 nitrogen and oxygen atoms in total. The number of para-hydroxylation sites is 2. The first-order valence-electron chi connectivity index (χ1n) is 12.5. The number of oxazole rings is 1. The van der Waals surface area contributed by atoms with Crippen molar-refractivity contribution < 1.29 is 18.7 Å². The van der Waals surface area contributed by atoms with Gasteiger partial charge in [0, 0.05) is 5.92 Å². The molecule has 1 amide bonds. The van der Waals surface area contributed by atoms with Crippen molar-refractivity contribution in [2.24, 2.45) is 0 Å². The van der Waals surface area contributed by atoms with Gasteiger partial charge in [-0.25, -0.2) is 4.98 Å². The summed E-state index contributed by atoms with van der Waals surface area (Å²) in [6.07, 6.45) is 6.05. The Morgan fingerprint density at radius 3 is 2.59 bits per heavy atom. The van der Waals surface area contributed by atoms with Crippen LogP contribution in [-0.4, -0.2) is 48.6 Å². The lowest BCUT2D eigenvalue weighted by atomic mass is 9.87. The van der Waals surface area contributed by atoms with E-state index in [4.69, 9.17) is 13.9 Å². The van der Waals surface area contributed by atoms with Gasteiger partial charge in [-0.05, 0) is 68.6 Å². The molecule has 1 aromatic heterocycles. The van der Waals surface area contributed by atoms with E-state index in [2.05, 4.69) is 27.3 Å². The number of piperidine rings is 1. The van der Waals surface area contributed by atoms with Crippen molar-refractivity contribution in [1.29, 1.82) is 0 Å². The largest absolute Gasteiger partial charge is 0.486 e. The van der Waals surface area contributed by atoms with Crippen molar-refractivity contribution in [2.75, 3.05) is 32.8 Å². The van der Waals surface area contributed by atoms with Gasteiger partial charge in [-0.2, -0.15) is 0 Å². The second kappa shape index (κ2) is 8.95. The Hall–Kier alpha value is -3.06. The van der Waals surface area contributed by atoms with Gasteiger partial charge in [0.05, 0.1) is 12.1 Å². The zero-order valence-corrected chi connectivity index (χ0v) is 19.4. The Morgan fingerprint density at radius 2 is 1.79 bits per heavy atom. The molecule has 0 spiro atoms. The summed E-state index contributed by atoms with van der Waals surface area (Å²) in [6.45, 7) is 3.31. The quantitative estimate of drug-likeness (QED) is 0.608. The number of fused-ring (bicyclic) bond motifs is 2. The molecule has 0 bridgehead atoms. The summed E-state index contributed by atoms with van der Waals surface area (Å²) in [5.74, 6) is 2.80. The highest BCUT2D eigenvalue weighted by atomic mass is 16.6. The molecule has 1 saturated heterocycles. The average molecular weight is 462 g/mol. The van der Waals surface area contributed by atoms with E-state index in [-0.39, 0.29) is 11.4 Å². The number of rotatable bonds is 5. The highest BCUT2D eigenvalue weighted by molar-refractivity contribution is 5.79. The Labute approximate surface area is 199 Å². The summed E-state index contributed by atoms with van der Waals surface area (Å²) >= 11 is 0. The fraction of sp³-hybridized carbons (Fsp3) is 0.481. The lowest BCUT2D eigenvalue weighted by molar-refractivity contribution is -0.124. The number of aromatic nitrogens is 1. The molecule has 3 aliphatic rings. The van der Waals surface area contributed by atoms with Crippen LogP contribution >= 0.6 is 0 Å². The molecule has 0 atom stereocenters. The maximum Gasteiger partial charge on any atom is 0.234 e. The maximum absolute atomic E-state index is 13.2. The minimum absolute atomic E-state index is 0.0945. The van der Waals surface area contributed by atoms with Crippen molar-refractivity contribution in [3.05, 3.63) is 53.9 Å². The van der Waals surface area contributed by atoms with Crippen molar-refractivity contribution >= 4 is 17.0 Å². The Morgan fingerprint density at radius 1 is 1.03 bits per heavy atom. The number of carbonyl (C=O) groups excluding carboxylic acids is 1. The summed E-state index contributed by atoms with van der Waals surface area (Å²) in [5, 5.41) is 3.42. The van der Waals surface area contributed by atoms with Gasteiger partial charge >= 0.3 is 0 Å². The topological polar surface area (TPSA) is 76.8 Å². The van der Waals surface area contributed by atoms with Gasteiger partial charge in [0.2, 0.25) is 5.91 Å². The van der Waals surface area contributed by atoms with E-state index < -0.39 is 0 Å². The van der Waals surface area contributed by atoms with E-state index in [0.717, 1.165) is 85.7 Å². The molecular weight excluding hydrogens is 430 g/mol. The third kappa shape index (κ3) is 4.13. The summed E-state index contributed by atoms with van der Waals surface area (Å²) in [7, 11) is 0. The molecule has 3 aromatic rings. The van der Waals surface area contributed by atoms with E-state index in [1.165, 1.54) is 0 Å². The first-order valence-corrected chi connectivity index (χ1v) is 12.5. The second-order valence-electron chi connectivity index (χ2n) is 9.77. The van der Waals surface area contributed by atoms with Crippen molar-refractivity contribution in [3.8, 4) is 11.5 Å². The standard InChI is InChI=1S/C27H31N3O4/c31-25(18-30-13-9-19(10-14-30)26-28-21-5-1-2-6-22(21)34-26)29-27(11-3-4-12-27)20-7-8-23-24(17-20)33-16-15-32-23/h1-2,5-8,17,19H,3-4,9-16,18H2,(H,29,31). The maximum atomic E-state index is 13.2. The number of carbonyl (C=O) groups is 1. The van der Waals surface area contributed by atoms with Gasteiger partial charge in [-0.1, -0.05) is 31.0 Å². The summed E-state index contributed by atoms with van der Waals surface area (Å²) < 4.78 is 17.5. The normalized spacial score (nSPS) is 20.5. The van der Waals surface area contributed by atoms with Gasteiger partial charge in [0.1, 0.15) is 18.7 Å². The van der Waals surface area contributed by atoms with Crippen molar-refractivity contribution in [3.63, 3.8) is 0 Å². The number of nitrogens with one attached hydrogen (secondary N) is 1. The average Bonchev–Trinajstić information content (AvgIpc) is 3.52. The monoisotopic (exact) mass is 461 g/mol. The van der Waals surface area contributed by atoms with E-state index >= 15 is 0 Å². The number of benzene rings is 2. The van der Waals surface area contributed by atoms with Crippen molar-refractivity contribution in [1.82, 2.24) is 15.2 Å². The number of ether oxygens (including phenoxy) is 2. The summed E-state index contributed by atoms with van der Waals surface area (Å²) in [5.41, 5.74) is 2.57. The van der Waals surface area contributed by atoms with Crippen LogP contribution in [0.1, 0.15) is 55.9 Å². The molecule has 7 heteroatoms. The van der Waals surface area contributed by atoms with Gasteiger partial charge in [0.25, 0.3) is 0 Å². The molecule has 1 saturated carbocycles. The number of amides is 1. The molecule has 6 rings (SSSR count). The molecule has 3 heterocycles. The molecule has 0 unspecified atom stereocenters. The highest BCUT2D eigenvalue weighted by Gasteiger charge is 2.38. The van der Waals surface area contributed by atoms with Crippen LogP contribution in [0.2, 0.25) is 0 Å². The van der Waals surface area contributed by atoms with E-state index in [1.54, 1.807) is 0 Å². The van der Waals surface area contributed by atoms with Gasteiger partial charge in [-0.15, -0.1) is 0 Å². The number of hydrogen-bond acceptors (Lipinski definition) is 6. The van der Waals surface area contributed by atoms with Gasteiger partial charge in [-0.3, -0.25) is 9.69 Å². The van der Waals surface area contributed by atoms with Crippen LogP contribution in [0, 0.1) is 0 Å². The Balaban J connectivity index is 1.09. The van der Waals surface area contributed by atoms with Crippen LogP contribution in [0.4, 0.5) is 0 Å². The van der Waals surface area contributed by atoms with Crippen LogP contribution in [0.3, 0.4) is 0 Å². The Bertz CT molecular complexity index is 1140. The second-order valence-corrected chi connectivity index (χ2v) is 9.77. The SMILES string of the molecule is O=C(CN1CCC(c2nc3ccccc3o2)CC1)NC1(c2ccc3c(c2)OCCO3)CCCC1. The Kier molecular flexibility index (Phi) is 5.65. The lowest BCUT2D eigenvalue weighted by Crippen LogP contribution is -2.49. The molecule has 178 valence electrons. The number of hydrogen-bond donors (Lipinski definition) is 1. The van der Waals surface area contributed by atoms with E-state index in [0.29, 0.717) is 25.7 Å². The molecule has 2 aliphatic heterocycles. The summed E-state index contributed by atoms with van der Waals surface area (Å²) in [4.78, 5) is 20.1. The molecule has 2 aromatic carbocycles. The van der Waals surface area contributed by atoms with Crippen LogP contribution in [0.25, 0.3) is 11.1 Å². The first kappa shape index (κ1) is 21.5. The van der Waals surface area contributed by atoms with E-state index in [9.17, 15) is 4.79 Å². The van der Waals surface area contributed by atoms with E-state index in [1.807, 2.05) is 30.3 Å². The zero-order valence-electron chi connectivity index (χ0n) is 19.4.